The van der Waals surface area contributed by atoms with E-state index < -0.39 is 0 Å². The van der Waals surface area contributed by atoms with E-state index in [9.17, 15) is 4.79 Å². The van der Waals surface area contributed by atoms with Crippen molar-refractivity contribution in [2.75, 3.05) is 14.2 Å². The number of rotatable bonds is 5. The van der Waals surface area contributed by atoms with Crippen LogP contribution in [-0.2, 0) is 6.54 Å². The lowest BCUT2D eigenvalue weighted by Crippen LogP contribution is -2.26. The molecule has 1 unspecified atom stereocenters. The highest BCUT2D eigenvalue weighted by Gasteiger charge is 2.14. The molecule has 2 rings (SSSR count). The molecule has 0 aliphatic heterocycles. The van der Waals surface area contributed by atoms with Gasteiger partial charge in [-0.05, 0) is 36.8 Å². The summed E-state index contributed by atoms with van der Waals surface area (Å²) in [6.07, 6.45) is 1.75. The summed E-state index contributed by atoms with van der Waals surface area (Å²) in [5.41, 5.74) is 7.92. The van der Waals surface area contributed by atoms with E-state index in [1.54, 1.807) is 31.0 Å². The Labute approximate surface area is 123 Å². The minimum absolute atomic E-state index is 0.0627. The van der Waals surface area contributed by atoms with E-state index in [2.05, 4.69) is 0 Å². The summed E-state index contributed by atoms with van der Waals surface area (Å²) in [6.45, 7) is 2.26. The number of aryl methyl sites for hydroxylation is 1. The number of aromatic nitrogens is 1. The molecule has 0 saturated heterocycles. The molecule has 2 N–H and O–H groups in total. The molecular weight excluding hydrogens is 268 g/mol. The Hall–Kier alpha value is -2.27. The molecule has 2 aromatic rings. The van der Waals surface area contributed by atoms with Crippen molar-refractivity contribution < 1.29 is 9.47 Å². The number of benzene rings is 1. The number of nitrogens with zero attached hydrogens (tertiary/aromatic N) is 1. The molecule has 5 nitrogen and oxygen atoms in total. The first-order chi connectivity index (χ1) is 10.0. The van der Waals surface area contributed by atoms with Crippen molar-refractivity contribution in [2.24, 2.45) is 5.73 Å². The van der Waals surface area contributed by atoms with Gasteiger partial charge in [-0.1, -0.05) is 0 Å². The lowest BCUT2D eigenvalue weighted by atomic mass is 10.1. The van der Waals surface area contributed by atoms with Gasteiger partial charge in [0.05, 0.1) is 20.3 Å². The molecule has 0 saturated carbocycles. The first-order valence-electron chi connectivity index (χ1n) is 6.69. The minimum atomic E-state index is -0.365. The highest BCUT2D eigenvalue weighted by atomic mass is 16.5. The van der Waals surface area contributed by atoms with Gasteiger partial charge >= 0.3 is 0 Å². The van der Waals surface area contributed by atoms with E-state index >= 15 is 0 Å². The summed E-state index contributed by atoms with van der Waals surface area (Å²) < 4.78 is 12.1. The predicted octanol–water partition coefficient (Wildman–Crippen LogP) is 1.87. The van der Waals surface area contributed by atoms with E-state index in [1.807, 2.05) is 31.2 Å². The lowest BCUT2D eigenvalue weighted by Gasteiger charge is -2.18. The topological polar surface area (TPSA) is 66.5 Å². The fourth-order valence-corrected chi connectivity index (χ4v) is 2.20. The van der Waals surface area contributed by atoms with Gasteiger partial charge in [0.2, 0.25) is 0 Å². The van der Waals surface area contributed by atoms with Gasteiger partial charge < -0.3 is 19.8 Å². The molecule has 21 heavy (non-hydrogen) atoms. The normalized spacial score (nSPS) is 12.0. The van der Waals surface area contributed by atoms with Crippen molar-refractivity contribution in [2.45, 2.75) is 19.5 Å². The van der Waals surface area contributed by atoms with Crippen LogP contribution < -0.4 is 20.8 Å². The second-order valence-electron chi connectivity index (χ2n) is 4.91. The zero-order valence-corrected chi connectivity index (χ0v) is 12.5. The molecule has 0 fully saturated rings. The third-order valence-electron chi connectivity index (χ3n) is 3.38. The molecule has 112 valence electrons. The maximum absolute atomic E-state index is 11.9. The Morgan fingerprint density at radius 3 is 2.57 bits per heavy atom. The van der Waals surface area contributed by atoms with Crippen LogP contribution in [0.2, 0.25) is 0 Å². The van der Waals surface area contributed by atoms with Gasteiger partial charge in [0.1, 0.15) is 11.5 Å². The van der Waals surface area contributed by atoms with Crippen LogP contribution >= 0.6 is 0 Å². The number of methoxy groups -OCH3 is 2. The number of hydrogen-bond acceptors (Lipinski definition) is 4. The summed E-state index contributed by atoms with van der Waals surface area (Å²) in [7, 11) is 3.19. The highest BCUT2D eigenvalue weighted by molar-refractivity contribution is 5.42. The van der Waals surface area contributed by atoms with Crippen molar-refractivity contribution in [3.63, 3.8) is 0 Å². The second kappa shape index (κ2) is 6.45. The molecule has 1 heterocycles. The van der Waals surface area contributed by atoms with Crippen LogP contribution in [0.1, 0.15) is 17.2 Å². The molecule has 0 amide bonds. The van der Waals surface area contributed by atoms with E-state index in [1.165, 1.54) is 0 Å². The Bertz CT molecular complexity index is 679. The second-order valence-corrected chi connectivity index (χ2v) is 4.91. The predicted molar refractivity (Wildman–Crippen MR) is 81.9 cm³/mol. The Morgan fingerprint density at radius 2 is 1.95 bits per heavy atom. The van der Waals surface area contributed by atoms with Crippen LogP contribution in [0.15, 0.2) is 41.3 Å². The molecule has 0 spiro atoms. The van der Waals surface area contributed by atoms with Crippen LogP contribution in [0.4, 0.5) is 0 Å². The monoisotopic (exact) mass is 288 g/mol. The van der Waals surface area contributed by atoms with Gasteiger partial charge in [-0.3, -0.25) is 4.79 Å². The van der Waals surface area contributed by atoms with Crippen molar-refractivity contribution >= 4 is 0 Å². The average Bonchev–Trinajstić information content (AvgIpc) is 2.49. The number of nitrogens with two attached hydrogens (primary N) is 1. The summed E-state index contributed by atoms with van der Waals surface area (Å²) >= 11 is 0. The summed E-state index contributed by atoms with van der Waals surface area (Å²) in [5, 5.41) is 0. The van der Waals surface area contributed by atoms with Crippen LogP contribution in [-0.4, -0.2) is 18.8 Å². The van der Waals surface area contributed by atoms with Crippen LogP contribution in [0.3, 0.4) is 0 Å². The van der Waals surface area contributed by atoms with E-state index in [0.717, 1.165) is 11.1 Å². The SMILES string of the molecule is COc1ccc(OC)c(C(N)Cn2ccc(C)cc2=O)c1. The molecule has 5 heteroatoms. The molecule has 0 aliphatic rings. The van der Waals surface area contributed by atoms with Crippen molar-refractivity contribution in [1.29, 1.82) is 0 Å². The van der Waals surface area contributed by atoms with Gasteiger partial charge in [-0.15, -0.1) is 0 Å². The van der Waals surface area contributed by atoms with Crippen LogP contribution in [0.5, 0.6) is 11.5 Å². The Morgan fingerprint density at radius 1 is 1.19 bits per heavy atom. The van der Waals surface area contributed by atoms with Crippen molar-refractivity contribution in [1.82, 2.24) is 4.57 Å². The third-order valence-corrected chi connectivity index (χ3v) is 3.38. The lowest BCUT2D eigenvalue weighted by molar-refractivity contribution is 0.392. The molecule has 1 aromatic carbocycles. The maximum atomic E-state index is 11.9. The van der Waals surface area contributed by atoms with Crippen LogP contribution in [0.25, 0.3) is 0 Å². The number of hydrogen-bond donors (Lipinski definition) is 1. The fraction of sp³-hybridized carbons (Fsp3) is 0.312. The Balaban J connectivity index is 2.31. The fourth-order valence-electron chi connectivity index (χ4n) is 2.20. The standard InChI is InChI=1S/C16H20N2O3/c1-11-6-7-18(16(19)8-11)10-14(17)13-9-12(20-2)4-5-15(13)21-3/h4-9,14H,10,17H2,1-3H3. The van der Waals surface area contributed by atoms with Gasteiger partial charge in [0.15, 0.2) is 0 Å². The van der Waals surface area contributed by atoms with Gasteiger partial charge in [0, 0.05) is 24.4 Å². The molecule has 1 aromatic heterocycles. The van der Waals surface area contributed by atoms with Crippen molar-refractivity contribution in [3.05, 3.63) is 58.0 Å². The molecule has 1 atom stereocenters. The highest BCUT2D eigenvalue weighted by Crippen LogP contribution is 2.28. The van der Waals surface area contributed by atoms with Crippen molar-refractivity contribution in [3.8, 4) is 11.5 Å². The van der Waals surface area contributed by atoms with Gasteiger partial charge in [-0.2, -0.15) is 0 Å². The Kier molecular flexibility index (Phi) is 4.65. The van der Waals surface area contributed by atoms with Gasteiger partial charge in [-0.25, -0.2) is 0 Å². The largest absolute Gasteiger partial charge is 0.497 e. The molecule has 0 bridgehead atoms. The first-order valence-corrected chi connectivity index (χ1v) is 6.69. The van der Waals surface area contributed by atoms with Gasteiger partial charge in [0.25, 0.3) is 5.56 Å². The smallest absolute Gasteiger partial charge is 0.250 e. The maximum Gasteiger partial charge on any atom is 0.250 e. The van der Waals surface area contributed by atoms with E-state index in [-0.39, 0.29) is 11.6 Å². The molecular formula is C16H20N2O3. The van der Waals surface area contributed by atoms with E-state index in [4.69, 9.17) is 15.2 Å². The third kappa shape index (κ3) is 3.44. The summed E-state index contributed by atoms with van der Waals surface area (Å²) in [6, 6.07) is 8.57. The number of ether oxygens (including phenoxy) is 2. The summed E-state index contributed by atoms with van der Waals surface area (Å²) in [4.78, 5) is 11.9. The summed E-state index contributed by atoms with van der Waals surface area (Å²) in [5.74, 6) is 1.39. The first kappa shape index (κ1) is 15.1. The quantitative estimate of drug-likeness (QED) is 0.912. The van der Waals surface area contributed by atoms with E-state index in [0.29, 0.717) is 18.0 Å². The minimum Gasteiger partial charge on any atom is -0.497 e. The van der Waals surface area contributed by atoms with Crippen LogP contribution in [0, 0.1) is 6.92 Å². The molecule has 0 radical (unpaired) electrons. The average molecular weight is 288 g/mol. The number of pyridine rings is 1. The zero-order chi connectivity index (χ0) is 15.4. The molecule has 0 aliphatic carbocycles. The zero-order valence-electron chi connectivity index (χ0n) is 12.5.